The van der Waals surface area contributed by atoms with Crippen molar-refractivity contribution in [3.05, 3.63) is 29.5 Å². The van der Waals surface area contributed by atoms with Gasteiger partial charge in [0, 0.05) is 49.2 Å². The average Bonchev–Trinajstić information content (AvgIpc) is 2.82. The monoisotopic (exact) mass is 317 g/mol. The Morgan fingerprint density at radius 2 is 2.00 bits per heavy atom. The van der Waals surface area contributed by atoms with Crippen LogP contribution in [0.1, 0.15) is 36.3 Å². The molecule has 0 bridgehead atoms. The van der Waals surface area contributed by atoms with Gasteiger partial charge in [-0.15, -0.1) is 0 Å². The molecule has 0 fully saturated rings. The molecule has 6 nitrogen and oxygen atoms in total. The van der Waals surface area contributed by atoms with Crippen molar-refractivity contribution in [2.24, 2.45) is 5.92 Å². The third-order valence-corrected chi connectivity index (χ3v) is 3.68. The van der Waals surface area contributed by atoms with Crippen LogP contribution in [0.5, 0.6) is 0 Å². The van der Waals surface area contributed by atoms with Crippen molar-refractivity contribution in [3.8, 4) is 0 Å². The van der Waals surface area contributed by atoms with Crippen molar-refractivity contribution in [2.45, 2.75) is 26.8 Å². The number of carbonyl (C=O) groups is 2. The van der Waals surface area contributed by atoms with Gasteiger partial charge in [-0.25, -0.2) is 4.79 Å². The van der Waals surface area contributed by atoms with Crippen molar-refractivity contribution in [3.63, 3.8) is 0 Å². The molecule has 1 aromatic carbocycles. The highest BCUT2D eigenvalue weighted by Gasteiger charge is 2.18. The number of carbonyl (C=O) groups excluding carboxylic acids is 1. The Morgan fingerprint density at radius 1 is 1.30 bits per heavy atom. The minimum atomic E-state index is -1.03. The highest BCUT2D eigenvalue weighted by atomic mass is 16.4. The second-order valence-corrected chi connectivity index (χ2v) is 6.28. The lowest BCUT2D eigenvalue weighted by Gasteiger charge is -2.12. The van der Waals surface area contributed by atoms with E-state index in [4.69, 9.17) is 0 Å². The normalized spacial score (nSPS) is 11.0. The van der Waals surface area contributed by atoms with Crippen LogP contribution >= 0.6 is 0 Å². The van der Waals surface area contributed by atoms with Crippen LogP contribution in [-0.2, 0) is 11.3 Å². The number of benzene rings is 1. The Balaban J connectivity index is 2.38. The predicted octanol–water partition coefficient (Wildman–Crippen LogP) is 2.59. The van der Waals surface area contributed by atoms with E-state index in [9.17, 15) is 14.7 Å². The Kier molecular flexibility index (Phi) is 4.93. The molecule has 0 aliphatic rings. The molecule has 2 rings (SSSR count). The highest BCUT2D eigenvalue weighted by Crippen LogP contribution is 2.27. The number of hydrogen-bond donors (Lipinski definition) is 3. The van der Waals surface area contributed by atoms with Crippen LogP contribution in [0, 0.1) is 5.92 Å². The SMILES string of the molecule is CC(C)CC(=O)NCc1c(C(=O)O)[nH]c2ccc(N(C)C)cc12. The number of amides is 1. The molecule has 0 unspecified atom stereocenters. The summed E-state index contributed by atoms with van der Waals surface area (Å²) >= 11 is 0. The molecule has 1 amide bonds. The Hall–Kier alpha value is -2.50. The molecule has 23 heavy (non-hydrogen) atoms. The summed E-state index contributed by atoms with van der Waals surface area (Å²) in [6, 6.07) is 5.71. The molecule has 1 heterocycles. The van der Waals surface area contributed by atoms with Crippen LogP contribution < -0.4 is 10.2 Å². The van der Waals surface area contributed by atoms with Gasteiger partial charge in [-0.2, -0.15) is 0 Å². The Labute approximate surface area is 135 Å². The molecule has 124 valence electrons. The van der Waals surface area contributed by atoms with E-state index < -0.39 is 5.97 Å². The summed E-state index contributed by atoms with van der Waals surface area (Å²) in [5.74, 6) is -0.840. The van der Waals surface area contributed by atoms with E-state index in [1.165, 1.54) is 0 Å². The van der Waals surface area contributed by atoms with Crippen molar-refractivity contribution < 1.29 is 14.7 Å². The van der Waals surface area contributed by atoms with E-state index in [-0.39, 0.29) is 24.1 Å². The fourth-order valence-electron chi connectivity index (χ4n) is 2.51. The summed E-state index contributed by atoms with van der Waals surface area (Å²) in [5.41, 5.74) is 2.46. The second kappa shape index (κ2) is 6.73. The molecule has 0 radical (unpaired) electrons. The summed E-state index contributed by atoms with van der Waals surface area (Å²) in [6.45, 7) is 4.14. The van der Waals surface area contributed by atoms with Crippen molar-refractivity contribution in [1.29, 1.82) is 0 Å². The van der Waals surface area contributed by atoms with Crippen LogP contribution in [0.3, 0.4) is 0 Å². The lowest BCUT2D eigenvalue weighted by Crippen LogP contribution is -2.24. The molecule has 6 heteroatoms. The van der Waals surface area contributed by atoms with Crippen LogP contribution in [0.2, 0.25) is 0 Å². The fraction of sp³-hybridized carbons (Fsp3) is 0.412. The number of aromatic amines is 1. The molecule has 0 spiro atoms. The van der Waals surface area contributed by atoms with E-state index in [0.29, 0.717) is 12.0 Å². The smallest absolute Gasteiger partial charge is 0.352 e. The highest BCUT2D eigenvalue weighted by molar-refractivity contribution is 5.98. The number of anilines is 1. The fourth-order valence-corrected chi connectivity index (χ4v) is 2.51. The number of hydrogen-bond acceptors (Lipinski definition) is 3. The van der Waals surface area contributed by atoms with Gasteiger partial charge in [0.05, 0.1) is 0 Å². The van der Waals surface area contributed by atoms with E-state index in [1.807, 2.05) is 51.0 Å². The quantitative estimate of drug-likeness (QED) is 0.764. The number of fused-ring (bicyclic) bond motifs is 1. The number of aromatic carboxylic acids is 1. The summed E-state index contributed by atoms with van der Waals surface area (Å²) in [5, 5.41) is 13.0. The van der Waals surface area contributed by atoms with Crippen molar-refractivity contribution >= 4 is 28.5 Å². The maximum absolute atomic E-state index is 11.9. The lowest BCUT2D eigenvalue weighted by molar-refractivity contribution is -0.121. The number of H-pyrrole nitrogens is 1. The van der Waals surface area contributed by atoms with Gasteiger partial charge in [-0.3, -0.25) is 4.79 Å². The van der Waals surface area contributed by atoms with Crippen LogP contribution in [0.4, 0.5) is 5.69 Å². The number of rotatable bonds is 6. The van der Waals surface area contributed by atoms with Gasteiger partial charge in [0.2, 0.25) is 5.91 Å². The summed E-state index contributed by atoms with van der Waals surface area (Å²) in [7, 11) is 3.85. The van der Waals surface area contributed by atoms with Gasteiger partial charge < -0.3 is 20.3 Å². The molecule has 0 aliphatic carbocycles. The van der Waals surface area contributed by atoms with Crippen molar-refractivity contribution in [2.75, 3.05) is 19.0 Å². The first kappa shape index (κ1) is 16.9. The van der Waals surface area contributed by atoms with Gasteiger partial charge >= 0.3 is 5.97 Å². The molecule has 3 N–H and O–H groups in total. The first-order valence-corrected chi connectivity index (χ1v) is 7.61. The van der Waals surface area contributed by atoms with Crippen LogP contribution in [-0.4, -0.2) is 36.1 Å². The van der Waals surface area contributed by atoms with E-state index >= 15 is 0 Å². The zero-order chi connectivity index (χ0) is 17.1. The molecule has 0 saturated carbocycles. The van der Waals surface area contributed by atoms with Crippen molar-refractivity contribution in [1.82, 2.24) is 10.3 Å². The van der Waals surface area contributed by atoms with Crippen LogP contribution in [0.25, 0.3) is 10.9 Å². The van der Waals surface area contributed by atoms with E-state index in [2.05, 4.69) is 10.3 Å². The molecule has 0 saturated heterocycles. The second-order valence-electron chi connectivity index (χ2n) is 6.28. The molecule has 1 aromatic heterocycles. The maximum Gasteiger partial charge on any atom is 0.352 e. The van der Waals surface area contributed by atoms with Gasteiger partial charge in [0.25, 0.3) is 0 Å². The number of nitrogens with one attached hydrogen (secondary N) is 2. The third kappa shape index (κ3) is 3.83. The minimum absolute atomic E-state index is 0.0746. The molecular weight excluding hydrogens is 294 g/mol. The maximum atomic E-state index is 11.9. The summed E-state index contributed by atoms with van der Waals surface area (Å²) < 4.78 is 0. The molecule has 0 atom stereocenters. The van der Waals surface area contributed by atoms with E-state index in [1.54, 1.807) is 0 Å². The van der Waals surface area contributed by atoms with Gasteiger partial charge in [0.1, 0.15) is 5.69 Å². The minimum Gasteiger partial charge on any atom is -0.477 e. The predicted molar refractivity (Wildman–Crippen MR) is 90.9 cm³/mol. The summed E-state index contributed by atoms with van der Waals surface area (Å²) in [6.07, 6.45) is 0.424. The largest absolute Gasteiger partial charge is 0.477 e. The average molecular weight is 317 g/mol. The van der Waals surface area contributed by atoms with Gasteiger partial charge in [-0.05, 0) is 24.1 Å². The number of aromatic nitrogens is 1. The van der Waals surface area contributed by atoms with Gasteiger partial charge in [0.15, 0.2) is 0 Å². The van der Waals surface area contributed by atoms with Gasteiger partial charge in [-0.1, -0.05) is 13.8 Å². The van der Waals surface area contributed by atoms with E-state index in [0.717, 1.165) is 16.6 Å². The third-order valence-electron chi connectivity index (χ3n) is 3.68. The number of carboxylic acids is 1. The molecule has 0 aliphatic heterocycles. The molecule has 2 aromatic rings. The zero-order valence-corrected chi connectivity index (χ0v) is 13.9. The Morgan fingerprint density at radius 3 is 2.57 bits per heavy atom. The first-order chi connectivity index (χ1) is 10.8. The first-order valence-electron chi connectivity index (χ1n) is 7.61. The standard InChI is InChI=1S/C17H23N3O3/c1-10(2)7-15(21)18-9-13-12-8-11(20(3)4)5-6-14(12)19-16(13)17(22)23/h5-6,8,10,19H,7,9H2,1-4H3,(H,18,21)(H,22,23). The lowest BCUT2D eigenvalue weighted by atomic mass is 10.1. The number of carboxylic acid groups (broad SMARTS) is 1. The topological polar surface area (TPSA) is 85.4 Å². The zero-order valence-electron chi connectivity index (χ0n) is 13.9. The Bertz CT molecular complexity index is 732. The molecular formula is C17H23N3O3. The summed E-state index contributed by atoms with van der Waals surface area (Å²) in [4.78, 5) is 28.2. The number of nitrogens with zero attached hydrogens (tertiary/aromatic N) is 1. The van der Waals surface area contributed by atoms with Crippen LogP contribution in [0.15, 0.2) is 18.2 Å².